The number of nitrogens with one attached hydrogen (secondary N) is 1. The zero-order valence-corrected chi connectivity index (χ0v) is 12.0. The van der Waals surface area contributed by atoms with Gasteiger partial charge in [0.05, 0.1) is 10.7 Å². The molecule has 1 fully saturated rings. The van der Waals surface area contributed by atoms with Gasteiger partial charge in [0, 0.05) is 11.6 Å². The number of anilines is 1. The van der Waals surface area contributed by atoms with Gasteiger partial charge in [0.15, 0.2) is 0 Å². The fraction of sp³-hybridized carbons (Fsp3) is 0.533. The molecule has 2 atom stereocenters. The third-order valence-corrected chi connectivity index (χ3v) is 4.30. The van der Waals surface area contributed by atoms with E-state index in [0.29, 0.717) is 16.6 Å². The Kier molecular flexibility index (Phi) is 4.70. The number of hydrogen-bond donors (Lipinski definition) is 2. The second-order valence-corrected chi connectivity index (χ2v) is 5.75. The van der Waals surface area contributed by atoms with E-state index in [-0.39, 0.29) is 0 Å². The minimum Gasteiger partial charge on any atom is -0.381 e. The molecule has 4 heteroatoms. The molecule has 1 amide bonds. The molecule has 3 N–H and O–H groups in total. The molecule has 0 saturated heterocycles. The van der Waals surface area contributed by atoms with Crippen LogP contribution in [0, 0.1) is 5.92 Å². The number of carbonyl (C=O) groups excluding carboxylic acids is 1. The van der Waals surface area contributed by atoms with Gasteiger partial charge in [-0.15, -0.1) is 0 Å². The lowest BCUT2D eigenvalue weighted by atomic mass is 9.84. The fourth-order valence-corrected chi connectivity index (χ4v) is 2.97. The predicted molar refractivity (Wildman–Crippen MR) is 79.6 cm³/mol. The lowest BCUT2D eigenvalue weighted by molar-refractivity contribution is 0.100. The summed E-state index contributed by atoms with van der Waals surface area (Å²) < 4.78 is 0. The molecule has 1 aromatic carbocycles. The Morgan fingerprint density at radius 2 is 2.26 bits per heavy atom. The van der Waals surface area contributed by atoms with Crippen LogP contribution < -0.4 is 11.1 Å². The second-order valence-electron chi connectivity index (χ2n) is 5.34. The predicted octanol–water partition coefficient (Wildman–Crippen LogP) is 3.82. The number of amides is 1. The normalized spacial score (nSPS) is 23.1. The highest BCUT2D eigenvalue weighted by Gasteiger charge is 2.21. The Balaban J connectivity index is 2.09. The maximum absolute atomic E-state index is 11.2. The summed E-state index contributed by atoms with van der Waals surface area (Å²) in [5.41, 5.74) is 6.61. The summed E-state index contributed by atoms with van der Waals surface area (Å²) >= 11 is 6.18. The highest BCUT2D eigenvalue weighted by molar-refractivity contribution is 6.33. The van der Waals surface area contributed by atoms with Crippen molar-refractivity contribution in [1.82, 2.24) is 0 Å². The van der Waals surface area contributed by atoms with Crippen molar-refractivity contribution in [3.63, 3.8) is 0 Å². The third-order valence-electron chi connectivity index (χ3n) is 3.97. The first-order chi connectivity index (χ1) is 9.10. The number of rotatable bonds is 4. The minimum atomic E-state index is -0.421. The Morgan fingerprint density at radius 1 is 1.47 bits per heavy atom. The molecule has 3 nitrogen and oxygen atoms in total. The molecule has 1 aromatic rings. The van der Waals surface area contributed by atoms with E-state index in [2.05, 4.69) is 12.2 Å². The summed E-state index contributed by atoms with van der Waals surface area (Å²) in [4.78, 5) is 11.2. The molecule has 104 valence electrons. The maximum atomic E-state index is 11.2. The van der Waals surface area contributed by atoms with Gasteiger partial charge in [0.1, 0.15) is 0 Å². The first-order valence-electron chi connectivity index (χ1n) is 6.96. The van der Waals surface area contributed by atoms with E-state index in [1.807, 2.05) is 0 Å². The molecule has 0 aromatic heterocycles. The van der Waals surface area contributed by atoms with Crippen LogP contribution >= 0.6 is 11.6 Å². The van der Waals surface area contributed by atoms with Gasteiger partial charge in [0.2, 0.25) is 5.91 Å². The van der Waals surface area contributed by atoms with Crippen molar-refractivity contribution < 1.29 is 4.79 Å². The minimum absolute atomic E-state index is 0.421. The Bertz CT molecular complexity index is 461. The number of benzene rings is 1. The van der Waals surface area contributed by atoms with Crippen molar-refractivity contribution in [2.45, 2.75) is 45.1 Å². The molecule has 2 rings (SSSR count). The molecule has 1 saturated carbocycles. The average Bonchev–Trinajstić information content (AvgIpc) is 2.41. The summed E-state index contributed by atoms with van der Waals surface area (Å²) in [6, 6.07) is 5.58. The maximum Gasteiger partial charge on any atom is 0.248 e. The van der Waals surface area contributed by atoms with Crippen molar-refractivity contribution >= 4 is 23.2 Å². The van der Waals surface area contributed by atoms with Crippen LogP contribution in [-0.2, 0) is 0 Å². The molecule has 1 aliphatic rings. The van der Waals surface area contributed by atoms with E-state index in [4.69, 9.17) is 17.3 Å². The van der Waals surface area contributed by atoms with Crippen LogP contribution in [-0.4, -0.2) is 11.9 Å². The number of hydrogen-bond acceptors (Lipinski definition) is 2. The lowest BCUT2D eigenvalue weighted by Crippen LogP contribution is -2.27. The van der Waals surface area contributed by atoms with Crippen LogP contribution in [0.5, 0.6) is 0 Å². The van der Waals surface area contributed by atoms with Crippen molar-refractivity contribution in [2.75, 3.05) is 5.32 Å². The number of nitrogens with two attached hydrogens (primary N) is 1. The van der Waals surface area contributed by atoms with E-state index >= 15 is 0 Å². The largest absolute Gasteiger partial charge is 0.381 e. The van der Waals surface area contributed by atoms with E-state index in [0.717, 1.165) is 18.0 Å². The standard InChI is InChI=1S/C15H21ClN2O/c1-2-10-4-3-5-12(8-10)18-14-9-11(15(17)19)6-7-13(14)16/h6-7,9-10,12,18H,2-5,8H2,1H3,(H2,17,19). The van der Waals surface area contributed by atoms with Gasteiger partial charge in [-0.05, 0) is 37.0 Å². The summed E-state index contributed by atoms with van der Waals surface area (Å²) in [5, 5.41) is 4.11. The van der Waals surface area contributed by atoms with Crippen molar-refractivity contribution in [1.29, 1.82) is 0 Å². The summed E-state index contributed by atoms with van der Waals surface area (Å²) in [7, 11) is 0. The van der Waals surface area contributed by atoms with Crippen molar-refractivity contribution in [3.8, 4) is 0 Å². The second kappa shape index (κ2) is 6.29. The summed E-state index contributed by atoms with van der Waals surface area (Å²) in [6.45, 7) is 2.24. The summed E-state index contributed by atoms with van der Waals surface area (Å²) in [5.74, 6) is 0.374. The fourth-order valence-electron chi connectivity index (χ4n) is 2.80. The molecule has 0 aliphatic heterocycles. The Labute approximate surface area is 119 Å². The summed E-state index contributed by atoms with van der Waals surface area (Å²) in [6.07, 6.45) is 6.14. The van der Waals surface area contributed by atoms with Crippen molar-refractivity contribution in [2.24, 2.45) is 11.7 Å². The van der Waals surface area contributed by atoms with Gasteiger partial charge < -0.3 is 11.1 Å². The number of primary amides is 1. The molecule has 0 heterocycles. The zero-order chi connectivity index (χ0) is 13.8. The van der Waals surface area contributed by atoms with E-state index in [9.17, 15) is 4.79 Å². The highest BCUT2D eigenvalue weighted by atomic mass is 35.5. The zero-order valence-electron chi connectivity index (χ0n) is 11.3. The van der Waals surface area contributed by atoms with Crippen LogP contribution in [0.4, 0.5) is 5.69 Å². The van der Waals surface area contributed by atoms with Gasteiger partial charge in [-0.25, -0.2) is 0 Å². The van der Waals surface area contributed by atoms with Gasteiger partial charge in [-0.1, -0.05) is 37.8 Å². The first kappa shape index (κ1) is 14.2. The quantitative estimate of drug-likeness (QED) is 0.881. The third kappa shape index (κ3) is 3.63. The number of carbonyl (C=O) groups is 1. The molecule has 0 spiro atoms. The smallest absolute Gasteiger partial charge is 0.248 e. The average molecular weight is 281 g/mol. The van der Waals surface area contributed by atoms with Gasteiger partial charge in [0.25, 0.3) is 0 Å². The first-order valence-corrected chi connectivity index (χ1v) is 7.33. The molecular formula is C15H21ClN2O. The molecule has 1 aliphatic carbocycles. The van der Waals surface area contributed by atoms with Gasteiger partial charge >= 0.3 is 0 Å². The van der Waals surface area contributed by atoms with Crippen LogP contribution in [0.2, 0.25) is 5.02 Å². The van der Waals surface area contributed by atoms with Crippen LogP contribution in [0.3, 0.4) is 0 Å². The molecule has 2 unspecified atom stereocenters. The van der Waals surface area contributed by atoms with Crippen LogP contribution in [0.15, 0.2) is 18.2 Å². The molecule has 19 heavy (non-hydrogen) atoms. The van der Waals surface area contributed by atoms with Gasteiger partial charge in [-0.3, -0.25) is 4.79 Å². The molecule has 0 bridgehead atoms. The van der Waals surface area contributed by atoms with E-state index < -0.39 is 5.91 Å². The highest BCUT2D eigenvalue weighted by Crippen LogP contribution is 2.31. The topological polar surface area (TPSA) is 55.1 Å². The molecule has 0 radical (unpaired) electrons. The van der Waals surface area contributed by atoms with Crippen molar-refractivity contribution in [3.05, 3.63) is 28.8 Å². The van der Waals surface area contributed by atoms with E-state index in [1.54, 1.807) is 18.2 Å². The van der Waals surface area contributed by atoms with Gasteiger partial charge in [-0.2, -0.15) is 0 Å². The van der Waals surface area contributed by atoms with Crippen LogP contribution in [0.25, 0.3) is 0 Å². The number of halogens is 1. The van der Waals surface area contributed by atoms with E-state index in [1.165, 1.54) is 25.7 Å². The monoisotopic (exact) mass is 280 g/mol. The molecular weight excluding hydrogens is 260 g/mol. The Hall–Kier alpha value is -1.22. The Morgan fingerprint density at radius 3 is 2.95 bits per heavy atom. The van der Waals surface area contributed by atoms with Crippen LogP contribution in [0.1, 0.15) is 49.4 Å². The SMILES string of the molecule is CCC1CCCC(Nc2cc(C(N)=O)ccc2Cl)C1. The lowest BCUT2D eigenvalue weighted by Gasteiger charge is -2.30.